The number of Topliss-reactive ketones (excluding diaryl/α,β-unsaturated/α-hetero) is 1. The highest BCUT2D eigenvalue weighted by Crippen LogP contribution is 2.44. The molecule has 2 aliphatic rings. The molecule has 31 heavy (non-hydrogen) atoms. The SMILES string of the molecule is Cc1ccc(CN2COc3cc(C)c4c(c3C2)O/C(=C\c2ccc(Cl)cc2)C4=O)cc1. The van der Waals surface area contributed by atoms with Crippen LogP contribution in [0.1, 0.15) is 38.2 Å². The third-order valence-corrected chi connectivity index (χ3v) is 5.93. The average molecular weight is 432 g/mol. The Bertz CT molecular complexity index is 1200. The van der Waals surface area contributed by atoms with Gasteiger partial charge in [-0.3, -0.25) is 9.69 Å². The summed E-state index contributed by atoms with van der Waals surface area (Å²) in [5, 5.41) is 0.653. The number of aryl methyl sites for hydroxylation is 2. The number of hydrogen-bond acceptors (Lipinski definition) is 4. The lowest BCUT2D eigenvalue weighted by Gasteiger charge is -2.30. The summed E-state index contributed by atoms with van der Waals surface area (Å²) < 4.78 is 12.2. The largest absolute Gasteiger partial charge is 0.478 e. The molecule has 0 aromatic heterocycles. The average Bonchev–Trinajstić information content (AvgIpc) is 3.09. The number of rotatable bonds is 3. The zero-order chi connectivity index (χ0) is 21.5. The molecule has 0 aliphatic carbocycles. The number of halogens is 1. The maximum absolute atomic E-state index is 13.1. The molecule has 0 unspecified atom stereocenters. The summed E-state index contributed by atoms with van der Waals surface area (Å²) in [4.78, 5) is 15.3. The molecule has 2 heterocycles. The topological polar surface area (TPSA) is 38.8 Å². The first-order chi connectivity index (χ1) is 15.0. The molecule has 0 spiro atoms. The second-order valence-electron chi connectivity index (χ2n) is 8.11. The predicted molar refractivity (Wildman–Crippen MR) is 121 cm³/mol. The molecule has 5 rings (SSSR count). The summed E-state index contributed by atoms with van der Waals surface area (Å²) in [6.45, 7) is 5.93. The van der Waals surface area contributed by atoms with Gasteiger partial charge in [-0.2, -0.15) is 0 Å². The zero-order valence-electron chi connectivity index (χ0n) is 17.4. The van der Waals surface area contributed by atoms with Crippen molar-refractivity contribution >= 4 is 23.5 Å². The van der Waals surface area contributed by atoms with Gasteiger partial charge in [-0.05, 0) is 54.8 Å². The number of fused-ring (bicyclic) bond motifs is 3. The van der Waals surface area contributed by atoms with E-state index in [1.807, 2.05) is 25.1 Å². The quantitative estimate of drug-likeness (QED) is 0.482. The van der Waals surface area contributed by atoms with Gasteiger partial charge in [0, 0.05) is 18.1 Å². The maximum Gasteiger partial charge on any atom is 0.232 e. The normalized spacial score (nSPS) is 16.6. The Morgan fingerprint density at radius 1 is 1.06 bits per heavy atom. The van der Waals surface area contributed by atoms with Crippen molar-refractivity contribution in [3.8, 4) is 11.5 Å². The number of benzene rings is 3. The van der Waals surface area contributed by atoms with Crippen LogP contribution in [0.15, 0.2) is 60.4 Å². The van der Waals surface area contributed by atoms with Crippen LogP contribution in [-0.4, -0.2) is 17.4 Å². The van der Waals surface area contributed by atoms with E-state index >= 15 is 0 Å². The predicted octanol–water partition coefficient (Wildman–Crippen LogP) is 5.93. The summed E-state index contributed by atoms with van der Waals surface area (Å²) in [5.74, 6) is 1.64. The van der Waals surface area contributed by atoms with Gasteiger partial charge in [0.1, 0.15) is 18.2 Å². The third-order valence-electron chi connectivity index (χ3n) is 5.68. The smallest absolute Gasteiger partial charge is 0.232 e. The van der Waals surface area contributed by atoms with Crippen molar-refractivity contribution in [3.05, 3.63) is 98.8 Å². The first kappa shape index (κ1) is 19.9. The van der Waals surface area contributed by atoms with Crippen LogP contribution in [0.4, 0.5) is 0 Å². The zero-order valence-corrected chi connectivity index (χ0v) is 18.2. The molecule has 3 aromatic rings. The Hall–Kier alpha value is -3.08. The Morgan fingerprint density at radius 3 is 2.55 bits per heavy atom. The minimum Gasteiger partial charge on any atom is -0.478 e. The van der Waals surface area contributed by atoms with Gasteiger partial charge in [0.15, 0.2) is 5.76 Å². The van der Waals surface area contributed by atoms with E-state index in [1.165, 1.54) is 11.1 Å². The molecule has 2 aliphatic heterocycles. The van der Waals surface area contributed by atoms with Crippen molar-refractivity contribution in [1.82, 2.24) is 4.90 Å². The highest BCUT2D eigenvalue weighted by molar-refractivity contribution is 6.30. The van der Waals surface area contributed by atoms with E-state index in [2.05, 4.69) is 36.1 Å². The van der Waals surface area contributed by atoms with Gasteiger partial charge in [-0.1, -0.05) is 53.6 Å². The third kappa shape index (κ3) is 3.85. The molecule has 0 amide bonds. The Morgan fingerprint density at radius 2 is 1.81 bits per heavy atom. The first-order valence-corrected chi connectivity index (χ1v) is 10.6. The number of carbonyl (C=O) groups excluding carboxylic acids is 1. The molecule has 0 N–H and O–H groups in total. The monoisotopic (exact) mass is 431 g/mol. The van der Waals surface area contributed by atoms with E-state index in [0.29, 0.717) is 35.4 Å². The minimum atomic E-state index is -0.0964. The van der Waals surface area contributed by atoms with Crippen LogP contribution in [0.25, 0.3) is 6.08 Å². The van der Waals surface area contributed by atoms with Crippen LogP contribution in [0, 0.1) is 13.8 Å². The second kappa shape index (κ2) is 7.88. The van der Waals surface area contributed by atoms with Crippen molar-refractivity contribution in [2.24, 2.45) is 0 Å². The van der Waals surface area contributed by atoms with Crippen molar-refractivity contribution < 1.29 is 14.3 Å². The lowest BCUT2D eigenvalue weighted by Crippen LogP contribution is -2.31. The van der Waals surface area contributed by atoms with E-state index in [1.54, 1.807) is 18.2 Å². The number of allylic oxidation sites excluding steroid dienone is 1. The number of hydrogen-bond donors (Lipinski definition) is 0. The second-order valence-corrected chi connectivity index (χ2v) is 8.55. The Kier molecular flexibility index (Phi) is 5.05. The van der Waals surface area contributed by atoms with Crippen LogP contribution in [-0.2, 0) is 13.1 Å². The van der Waals surface area contributed by atoms with Crippen LogP contribution < -0.4 is 9.47 Å². The fourth-order valence-corrected chi connectivity index (χ4v) is 4.17. The molecule has 3 aromatic carbocycles. The van der Waals surface area contributed by atoms with Crippen molar-refractivity contribution in [2.75, 3.05) is 6.73 Å². The van der Waals surface area contributed by atoms with E-state index < -0.39 is 0 Å². The van der Waals surface area contributed by atoms with Gasteiger partial charge in [-0.25, -0.2) is 0 Å². The molecule has 0 fully saturated rings. The molecule has 0 radical (unpaired) electrons. The number of ether oxygens (including phenoxy) is 2. The Balaban J connectivity index is 1.45. The number of carbonyl (C=O) groups is 1. The summed E-state index contributed by atoms with van der Waals surface area (Å²) in [5.41, 5.74) is 5.74. The first-order valence-electron chi connectivity index (χ1n) is 10.2. The van der Waals surface area contributed by atoms with Crippen LogP contribution >= 0.6 is 11.6 Å². The lowest BCUT2D eigenvalue weighted by molar-refractivity contribution is 0.0872. The molecule has 4 nitrogen and oxygen atoms in total. The van der Waals surface area contributed by atoms with E-state index in [-0.39, 0.29) is 5.78 Å². The fraction of sp³-hybridized carbons (Fsp3) is 0.192. The maximum atomic E-state index is 13.1. The molecule has 0 bridgehead atoms. The van der Waals surface area contributed by atoms with Crippen LogP contribution in [0.3, 0.4) is 0 Å². The Labute approximate surface area is 186 Å². The number of ketones is 1. The van der Waals surface area contributed by atoms with Crippen molar-refractivity contribution in [2.45, 2.75) is 26.9 Å². The standard InChI is InChI=1S/C26H22ClNO3/c1-16-3-5-19(6-4-16)13-28-14-21-22(30-15-28)11-17(2)24-25(29)23(31-26(21)24)12-18-7-9-20(27)10-8-18/h3-12H,13-15H2,1-2H3/b23-12-. The highest BCUT2D eigenvalue weighted by Gasteiger charge is 2.35. The summed E-state index contributed by atoms with van der Waals surface area (Å²) >= 11 is 5.97. The number of nitrogens with zero attached hydrogens (tertiary/aromatic N) is 1. The van der Waals surface area contributed by atoms with Gasteiger partial charge >= 0.3 is 0 Å². The van der Waals surface area contributed by atoms with Gasteiger partial charge < -0.3 is 9.47 Å². The summed E-state index contributed by atoms with van der Waals surface area (Å²) in [6.07, 6.45) is 1.76. The van der Waals surface area contributed by atoms with Crippen molar-refractivity contribution in [1.29, 1.82) is 0 Å². The fourth-order valence-electron chi connectivity index (χ4n) is 4.04. The van der Waals surface area contributed by atoms with Crippen molar-refractivity contribution in [3.63, 3.8) is 0 Å². The lowest BCUT2D eigenvalue weighted by atomic mass is 9.98. The van der Waals surface area contributed by atoms with Gasteiger partial charge in [0.25, 0.3) is 0 Å². The van der Waals surface area contributed by atoms with E-state index in [4.69, 9.17) is 21.1 Å². The highest BCUT2D eigenvalue weighted by atomic mass is 35.5. The van der Waals surface area contributed by atoms with E-state index in [9.17, 15) is 4.79 Å². The van der Waals surface area contributed by atoms with Crippen LogP contribution in [0.5, 0.6) is 11.5 Å². The molecule has 0 saturated heterocycles. The molecule has 0 atom stereocenters. The van der Waals surface area contributed by atoms with Gasteiger partial charge in [-0.15, -0.1) is 0 Å². The molecule has 0 saturated carbocycles. The molecule has 156 valence electrons. The molecular weight excluding hydrogens is 410 g/mol. The summed E-state index contributed by atoms with van der Waals surface area (Å²) in [7, 11) is 0. The summed E-state index contributed by atoms with van der Waals surface area (Å²) in [6, 6.07) is 17.8. The van der Waals surface area contributed by atoms with Gasteiger partial charge in [0.2, 0.25) is 5.78 Å². The molecular formula is C26H22ClNO3. The van der Waals surface area contributed by atoms with E-state index in [0.717, 1.165) is 29.0 Å². The molecule has 5 heteroatoms. The minimum absolute atomic E-state index is 0.0964. The van der Waals surface area contributed by atoms with Gasteiger partial charge in [0.05, 0.1) is 11.1 Å². The van der Waals surface area contributed by atoms with Crippen LogP contribution in [0.2, 0.25) is 5.02 Å².